The normalized spacial score (nSPS) is 16.5. The van der Waals surface area contributed by atoms with Crippen LogP contribution in [0.15, 0.2) is 71.3 Å². The molecule has 7 nitrogen and oxygen atoms in total. The molecule has 196 valence electrons. The summed E-state index contributed by atoms with van der Waals surface area (Å²) in [6.45, 7) is 1.45. The van der Waals surface area contributed by atoms with Crippen LogP contribution in [-0.2, 0) is 21.6 Å². The predicted octanol–water partition coefficient (Wildman–Crippen LogP) is 4.75. The van der Waals surface area contributed by atoms with E-state index in [1.807, 2.05) is 60.7 Å². The molecule has 37 heavy (non-hydrogen) atoms. The lowest BCUT2D eigenvalue weighted by molar-refractivity contribution is -0.124. The van der Waals surface area contributed by atoms with Gasteiger partial charge >= 0.3 is 0 Å². The van der Waals surface area contributed by atoms with E-state index < -0.39 is 5.60 Å². The first-order valence-electron chi connectivity index (χ1n) is 13.2. The van der Waals surface area contributed by atoms with Gasteiger partial charge in [0.05, 0.1) is 12.7 Å². The van der Waals surface area contributed by atoms with E-state index in [2.05, 4.69) is 15.6 Å². The molecule has 7 heteroatoms. The van der Waals surface area contributed by atoms with Gasteiger partial charge in [-0.3, -0.25) is 9.59 Å². The van der Waals surface area contributed by atoms with Crippen molar-refractivity contribution in [2.24, 2.45) is 5.92 Å². The van der Waals surface area contributed by atoms with E-state index in [0.29, 0.717) is 24.5 Å². The largest absolute Gasteiger partial charge is 0.437 e. The van der Waals surface area contributed by atoms with Crippen LogP contribution in [0.25, 0.3) is 11.3 Å². The van der Waals surface area contributed by atoms with Crippen LogP contribution in [-0.4, -0.2) is 34.5 Å². The molecule has 2 amide bonds. The highest BCUT2D eigenvalue weighted by Gasteiger charge is 2.36. The van der Waals surface area contributed by atoms with Gasteiger partial charge in [-0.2, -0.15) is 0 Å². The third-order valence-corrected chi connectivity index (χ3v) is 7.22. The summed E-state index contributed by atoms with van der Waals surface area (Å²) in [7, 11) is 0. The number of oxazole rings is 1. The fourth-order valence-electron chi connectivity index (χ4n) is 5.14. The number of aromatic nitrogens is 1. The van der Waals surface area contributed by atoms with Gasteiger partial charge in [0.15, 0.2) is 11.4 Å². The van der Waals surface area contributed by atoms with Crippen LogP contribution in [0, 0.1) is 5.92 Å². The number of nitrogens with zero attached hydrogens (tertiary/aromatic N) is 1. The average molecular weight is 504 g/mol. The van der Waals surface area contributed by atoms with Crippen molar-refractivity contribution in [3.05, 3.63) is 78.3 Å². The Kier molecular flexibility index (Phi) is 9.12. The smallest absolute Gasteiger partial charge is 0.228 e. The number of hydrogen-bond acceptors (Lipinski definition) is 5. The number of benzene rings is 2. The van der Waals surface area contributed by atoms with Crippen LogP contribution in [0.5, 0.6) is 0 Å². The second-order valence-corrected chi connectivity index (χ2v) is 10.1. The van der Waals surface area contributed by atoms with E-state index in [-0.39, 0.29) is 36.7 Å². The highest BCUT2D eigenvalue weighted by molar-refractivity contribution is 5.78. The van der Waals surface area contributed by atoms with Crippen LogP contribution in [0.3, 0.4) is 0 Å². The van der Waals surface area contributed by atoms with E-state index in [9.17, 15) is 14.7 Å². The van der Waals surface area contributed by atoms with Gasteiger partial charge in [-0.1, -0.05) is 79.9 Å². The zero-order valence-corrected chi connectivity index (χ0v) is 21.5. The van der Waals surface area contributed by atoms with E-state index in [4.69, 9.17) is 4.42 Å². The minimum atomic E-state index is -1.49. The first-order chi connectivity index (χ1) is 17.9. The van der Waals surface area contributed by atoms with Crippen LogP contribution in [0.1, 0.15) is 63.3 Å². The van der Waals surface area contributed by atoms with Gasteiger partial charge < -0.3 is 20.2 Å². The first kappa shape index (κ1) is 26.6. The fourth-order valence-corrected chi connectivity index (χ4v) is 5.14. The van der Waals surface area contributed by atoms with Gasteiger partial charge in [-0.15, -0.1) is 0 Å². The third kappa shape index (κ3) is 7.52. The molecule has 0 saturated heterocycles. The Morgan fingerprint density at radius 3 is 2.41 bits per heavy atom. The molecule has 1 fully saturated rings. The Morgan fingerprint density at radius 2 is 1.73 bits per heavy atom. The number of amides is 2. The molecule has 1 aliphatic rings. The third-order valence-electron chi connectivity index (χ3n) is 7.22. The molecule has 3 aromatic rings. The molecule has 4 rings (SSSR count). The van der Waals surface area contributed by atoms with Crippen molar-refractivity contribution in [1.82, 2.24) is 15.6 Å². The Hall–Kier alpha value is -3.45. The fraction of sp³-hybridized carbons (Fsp3) is 0.433. The molecule has 2 atom stereocenters. The monoisotopic (exact) mass is 503 g/mol. The maximum atomic E-state index is 13.0. The zero-order chi connectivity index (χ0) is 26.1. The molecule has 1 aliphatic carbocycles. The summed E-state index contributed by atoms with van der Waals surface area (Å²) in [5.41, 5.74) is 0.443. The Bertz CT molecular complexity index is 1140. The quantitative estimate of drug-likeness (QED) is 0.350. The van der Waals surface area contributed by atoms with Crippen molar-refractivity contribution in [3.63, 3.8) is 0 Å². The van der Waals surface area contributed by atoms with Crippen molar-refractivity contribution in [3.8, 4) is 11.3 Å². The molecule has 0 aliphatic heterocycles. The Morgan fingerprint density at radius 1 is 1.05 bits per heavy atom. The average Bonchev–Trinajstić information content (AvgIpc) is 3.43. The molecule has 2 unspecified atom stereocenters. The molecular formula is C30H37N3O4. The van der Waals surface area contributed by atoms with Crippen LogP contribution in [0.4, 0.5) is 0 Å². The predicted molar refractivity (Wildman–Crippen MR) is 142 cm³/mol. The standard InChI is InChI=1S/C30H37N3O4/c1-22(34)33-26(24-13-7-3-8-14-24)19-28(35)32-21-30(36,18-17-23-11-5-2-6-12-23)29-31-20-27(37-29)25-15-9-4-10-16-25/h2,4-6,9-12,15-16,20,24,26,36H,3,7-8,13-14,17-19,21H2,1H3,(H,32,35)(H,33,34). The minimum absolute atomic E-state index is 0.0368. The molecule has 1 saturated carbocycles. The van der Waals surface area contributed by atoms with E-state index in [1.54, 1.807) is 6.20 Å². The lowest BCUT2D eigenvalue weighted by Crippen LogP contribution is -2.46. The SMILES string of the molecule is CC(=O)NC(CC(=O)NCC(O)(CCc1ccccc1)c1ncc(-c2ccccc2)o1)C1CCCCC1. The van der Waals surface area contributed by atoms with Gasteiger partial charge in [-0.05, 0) is 37.2 Å². The van der Waals surface area contributed by atoms with Crippen molar-refractivity contribution >= 4 is 11.8 Å². The van der Waals surface area contributed by atoms with Crippen molar-refractivity contribution in [1.29, 1.82) is 0 Å². The van der Waals surface area contributed by atoms with Crippen molar-refractivity contribution < 1.29 is 19.1 Å². The molecular weight excluding hydrogens is 466 g/mol. The van der Waals surface area contributed by atoms with Crippen LogP contribution < -0.4 is 10.6 Å². The molecule has 3 N–H and O–H groups in total. The summed E-state index contributed by atoms with van der Waals surface area (Å²) < 4.78 is 6.02. The maximum Gasteiger partial charge on any atom is 0.228 e. The summed E-state index contributed by atoms with van der Waals surface area (Å²) in [5, 5.41) is 17.6. The number of aliphatic hydroxyl groups is 1. The lowest BCUT2D eigenvalue weighted by atomic mass is 9.82. The minimum Gasteiger partial charge on any atom is -0.437 e. The summed E-state index contributed by atoms with van der Waals surface area (Å²) in [6.07, 6.45) is 8.16. The summed E-state index contributed by atoms with van der Waals surface area (Å²) in [4.78, 5) is 29.3. The molecule has 1 heterocycles. The maximum absolute atomic E-state index is 13.0. The number of rotatable bonds is 11. The van der Waals surface area contributed by atoms with E-state index in [0.717, 1.165) is 36.8 Å². The zero-order valence-electron chi connectivity index (χ0n) is 21.5. The molecule has 0 radical (unpaired) electrons. The van der Waals surface area contributed by atoms with Gasteiger partial charge in [0.1, 0.15) is 0 Å². The molecule has 0 bridgehead atoms. The van der Waals surface area contributed by atoms with Crippen molar-refractivity contribution in [2.75, 3.05) is 6.54 Å². The second kappa shape index (κ2) is 12.7. The van der Waals surface area contributed by atoms with Gasteiger partial charge in [0, 0.05) is 24.9 Å². The topological polar surface area (TPSA) is 104 Å². The molecule has 1 aromatic heterocycles. The number of nitrogens with one attached hydrogen (secondary N) is 2. The summed E-state index contributed by atoms with van der Waals surface area (Å²) in [5.74, 6) is 0.685. The van der Waals surface area contributed by atoms with Crippen LogP contribution >= 0.6 is 0 Å². The van der Waals surface area contributed by atoms with Gasteiger partial charge in [0.2, 0.25) is 17.7 Å². The highest BCUT2D eigenvalue weighted by atomic mass is 16.4. The number of carbonyl (C=O) groups excluding carboxylic acids is 2. The Balaban J connectivity index is 1.47. The van der Waals surface area contributed by atoms with Crippen LogP contribution in [0.2, 0.25) is 0 Å². The summed E-state index contributed by atoms with van der Waals surface area (Å²) in [6, 6.07) is 19.3. The summed E-state index contributed by atoms with van der Waals surface area (Å²) >= 11 is 0. The number of carbonyl (C=O) groups is 2. The Labute approximate surface area is 218 Å². The lowest BCUT2D eigenvalue weighted by Gasteiger charge is -2.31. The number of aryl methyl sites for hydroxylation is 1. The second-order valence-electron chi connectivity index (χ2n) is 10.1. The van der Waals surface area contributed by atoms with E-state index >= 15 is 0 Å². The molecule has 2 aromatic carbocycles. The first-order valence-corrected chi connectivity index (χ1v) is 13.2. The van der Waals surface area contributed by atoms with Crippen molar-refractivity contribution in [2.45, 2.75) is 69.9 Å². The highest BCUT2D eigenvalue weighted by Crippen LogP contribution is 2.31. The van der Waals surface area contributed by atoms with Gasteiger partial charge in [-0.25, -0.2) is 4.98 Å². The van der Waals surface area contributed by atoms with Gasteiger partial charge in [0.25, 0.3) is 0 Å². The number of hydrogen-bond donors (Lipinski definition) is 3. The van der Waals surface area contributed by atoms with E-state index in [1.165, 1.54) is 13.3 Å². The molecule has 0 spiro atoms.